The molecule has 2 bridgehead atoms. The topological polar surface area (TPSA) is 24.4 Å². The molecule has 1 N–H and O–H groups in total. The summed E-state index contributed by atoms with van der Waals surface area (Å²) in [5, 5.41) is 4.26. The van der Waals surface area contributed by atoms with Gasteiger partial charge in [0.05, 0.1) is 0 Å². The first-order valence-electron chi connectivity index (χ1n) is 4.70. The van der Waals surface area contributed by atoms with Crippen LogP contribution in [0.1, 0.15) is 19.8 Å². The molecule has 66 valence electrons. The van der Waals surface area contributed by atoms with Crippen LogP contribution in [0.15, 0.2) is 17.3 Å². The Morgan fingerprint density at radius 2 is 2.25 bits per heavy atom. The molecule has 0 spiro atoms. The van der Waals surface area contributed by atoms with Gasteiger partial charge in [0.1, 0.15) is 0 Å². The van der Waals surface area contributed by atoms with Crippen molar-refractivity contribution >= 4 is 5.71 Å². The normalized spacial score (nSPS) is 39.2. The molecule has 3 unspecified atom stereocenters. The molecule has 1 saturated carbocycles. The van der Waals surface area contributed by atoms with E-state index >= 15 is 0 Å². The molecule has 1 fully saturated rings. The van der Waals surface area contributed by atoms with Crippen LogP contribution in [0, 0.1) is 17.8 Å². The smallest absolute Gasteiger partial charge is 0.0384 e. The monoisotopic (exact) mass is 164 g/mol. The van der Waals surface area contributed by atoms with Crippen molar-refractivity contribution in [3.8, 4) is 0 Å². The first kappa shape index (κ1) is 7.84. The second-order valence-corrected chi connectivity index (χ2v) is 3.86. The summed E-state index contributed by atoms with van der Waals surface area (Å²) in [6.07, 6.45) is 7.42. The number of nitrogens with zero attached hydrogens (tertiary/aromatic N) is 1. The quantitative estimate of drug-likeness (QED) is 0.375. The molecule has 2 heteroatoms. The van der Waals surface area contributed by atoms with Gasteiger partial charge in [-0.1, -0.05) is 12.2 Å². The number of nitrogens with one attached hydrogen (secondary N) is 1. The molecule has 0 aromatic rings. The van der Waals surface area contributed by atoms with Crippen LogP contribution < -0.4 is 5.43 Å². The summed E-state index contributed by atoms with van der Waals surface area (Å²) in [6, 6.07) is 0. The Balaban J connectivity index is 2.07. The summed E-state index contributed by atoms with van der Waals surface area (Å²) in [4.78, 5) is 0. The van der Waals surface area contributed by atoms with E-state index in [4.69, 9.17) is 0 Å². The minimum atomic E-state index is 0.715. The fourth-order valence-corrected chi connectivity index (χ4v) is 2.52. The predicted molar refractivity (Wildman–Crippen MR) is 51.0 cm³/mol. The maximum Gasteiger partial charge on any atom is 0.0384 e. The first-order valence-corrected chi connectivity index (χ1v) is 4.70. The second-order valence-electron chi connectivity index (χ2n) is 3.86. The zero-order chi connectivity index (χ0) is 8.55. The standard InChI is InChI=1S/C10H16N2/c1-7(12-11-2)10-6-8-3-4-9(10)5-8/h3-4,8-11H,5-6H2,1-2H3/b12-7-. The van der Waals surface area contributed by atoms with E-state index in [0.717, 1.165) is 11.8 Å². The van der Waals surface area contributed by atoms with Crippen molar-refractivity contribution in [3.05, 3.63) is 12.2 Å². The zero-order valence-corrected chi connectivity index (χ0v) is 7.75. The molecule has 0 heterocycles. The van der Waals surface area contributed by atoms with E-state index in [0.29, 0.717) is 5.92 Å². The Bertz CT molecular complexity index is 230. The van der Waals surface area contributed by atoms with E-state index in [1.54, 1.807) is 0 Å². The third-order valence-electron chi connectivity index (χ3n) is 3.10. The summed E-state index contributed by atoms with van der Waals surface area (Å²) in [5.41, 5.74) is 4.14. The van der Waals surface area contributed by atoms with Gasteiger partial charge >= 0.3 is 0 Å². The molecule has 12 heavy (non-hydrogen) atoms. The molecule has 2 rings (SSSR count). The molecule has 0 aliphatic heterocycles. The lowest BCUT2D eigenvalue weighted by molar-refractivity contribution is 0.576. The van der Waals surface area contributed by atoms with Crippen LogP contribution in [-0.4, -0.2) is 12.8 Å². The summed E-state index contributed by atoms with van der Waals surface area (Å²) < 4.78 is 0. The fourth-order valence-electron chi connectivity index (χ4n) is 2.52. The molecule has 2 aliphatic rings. The number of hydrogen-bond donors (Lipinski definition) is 1. The molecule has 0 aromatic carbocycles. The maximum atomic E-state index is 4.26. The Morgan fingerprint density at radius 3 is 2.75 bits per heavy atom. The van der Waals surface area contributed by atoms with E-state index in [1.165, 1.54) is 18.6 Å². The van der Waals surface area contributed by atoms with Crippen LogP contribution in [-0.2, 0) is 0 Å². The lowest BCUT2D eigenvalue weighted by Gasteiger charge is -2.17. The van der Waals surface area contributed by atoms with Crippen LogP contribution in [0.3, 0.4) is 0 Å². The van der Waals surface area contributed by atoms with E-state index in [-0.39, 0.29) is 0 Å². The lowest BCUT2D eigenvalue weighted by atomic mass is 9.90. The summed E-state index contributed by atoms with van der Waals surface area (Å²) in [5.74, 6) is 2.35. The largest absolute Gasteiger partial charge is 0.313 e. The Labute approximate surface area is 73.7 Å². The number of rotatable bonds is 2. The van der Waals surface area contributed by atoms with E-state index in [1.807, 2.05) is 7.05 Å². The highest BCUT2D eigenvalue weighted by Crippen LogP contribution is 2.43. The van der Waals surface area contributed by atoms with Gasteiger partial charge in [0.2, 0.25) is 0 Å². The van der Waals surface area contributed by atoms with Crippen molar-refractivity contribution in [2.45, 2.75) is 19.8 Å². The van der Waals surface area contributed by atoms with E-state index in [9.17, 15) is 0 Å². The molecule has 2 nitrogen and oxygen atoms in total. The highest BCUT2D eigenvalue weighted by atomic mass is 15.3. The number of hydrazone groups is 1. The summed E-state index contributed by atoms with van der Waals surface area (Å²) in [7, 11) is 1.87. The second kappa shape index (κ2) is 2.92. The highest BCUT2D eigenvalue weighted by Gasteiger charge is 2.36. The maximum absolute atomic E-state index is 4.26. The van der Waals surface area contributed by atoms with E-state index < -0.39 is 0 Å². The van der Waals surface area contributed by atoms with Gasteiger partial charge in [-0.25, -0.2) is 0 Å². The predicted octanol–water partition coefficient (Wildman–Crippen LogP) is 1.79. The third-order valence-corrected chi connectivity index (χ3v) is 3.10. The molecular weight excluding hydrogens is 148 g/mol. The number of hydrogen-bond acceptors (Lipinski definition) is 2. The molecular formula is C10H16N2. The van der Waals surface area contributed by atoms with Crippen LogP contribution in [0.5, 0.6) is 0 Å². The van der Waals surface area contributed by atoms with Crippen LogP contribution in [0.4, 0.5) is 0 Å². The van der Waals surface area contributed by atoms with Gasteiger partial charge in [0.15, 0.2) is 0 Å². The SMILES string of the molecule is CN/N=C(/C)C1CC2C=CC1C2. The van der Waals surface area contributed by atoms with Gasteiger partial charge in [-0.2, -0.15) is 5.10 Å². The summed E-state index contributed by atoms with van der Waals surface area (Å²) in [6.45, 7) is 2.13. The van der Waals surface area contributed by atoms with Gasteiger partial charge in [-0.15, -0.1) is 0 Å². The average Bonchev–Trinajstić information content (AvgIpc) is 2.64. The minimum absolute atomic E-state index is 0.715. The van der Waals surface area contributed by atoms with Crippen molar-refractivity contribution in [3.63, 3.8) is 0 Å². The van der Waals surface area contributed by atoms with Gasteiger partial charge in [-0.3, -0.25) is 0 Å². The molecule has 0 amide bonds. The van der Waals surface area contributed by atoms with Crippen LogP contribution in [0.25, 0.3) is 0 Å². The minimum Gasteiger partial charge on any atom is -0.313 e. The zero-order valence-electron chi connectivity index (χ0n) is 7.75. The van der Waals surface area contributed by atoms with Gasteiger partial charge < -0.3 is 5.43 Å². The third kappa shape index (κ3) is 1.15. The van der Waals surface area contributed by atoms with Crippen LogP contribution >= 0.6 is 0 Å². The molecule has 0 aromatic heterocycles. The van der Waals surface area contributed by atoms with Gasteiger partial charge in [-0.05, 0) is 31.6 Å². The van der Waals surface area contributed by atoms with Gasteiger partial charge in [0, 0.05) is 18.7 Å². The Kier molecular flexibility index (Phi) is 1.91. The lowest BCUT2D eigenvalue weighted by Crippen LogP contribution is -2.18. The van der Waals surface area contributed by atoms with Crippen molar-refractivity contribution < 1.29 is 0 Å². The molecule has 2 aliphatic carbocycles. The van der Waals surface area contributed by atoms with Crippen LogP contribution in [0.2, 0.25) is 0 Å². The summed E-state index contributed by atoms with van der Waals surface area (Å²) >= 11 is 0. The molecule has 3 atom stereocenters. The number of allylic oxidation sites excluding steroid dienone is 2. The van der Waals surface area contributed by atoms with Crippen molar-refractivity contribution in [1.82, 2.24) is 5.43 Å². The van der Waals surface area contributed by atoms with Crippen molar-refractivity contribution in [2.24, 2.45) is 22.9 Å². The molecule has 0 radical (unpaired) electrons. The number of fused-ring (bicyclic) bond motifs is 2. The molecule has 0 saturated heterocycles. The van der Waals surface area contributed by atoms with Crippen molar-refractivity contribution in [2.75, 3.05) is 7.05 Å². The Morgan fingerprint density at radius 1 is 1.42 bits per heavy atom. The first-order chi connectivity index (χ1) is 5.81. The Hall–Kier alpha value is -0.790. The highest BCUT2D eigenvalue weighted by molar-refractivity contribution is 5.85. The van der Waals surface area contributed by atoms with Crippen molar-refractivity contribution in [1.29, 1.82) is 0 Å². The fraction of sp³-hybridized carbons (Fsp3) is 0.700. The van der Waals surface area contributed by atoms with E-state index in [2.05, 4.69) is 29.6 Å². The van der Waals surface area contributed by atoms with Gasteiger partial charge in [0.25, 0.3) is 0 Å². The average molecular weight is 164 g/mol.